The van der Waals surface area contributed by atoms with Gasteiger partial charge in [-0.25, -0.2) is 4.98 Å². The quantitative estimate of drug-likeness (QED) is 0.681. The molecule has 76 valence electrons. The second kappa shape index (κ2) is 3.95. The Bertz CT molecular complexity index is 543. The van der Waals surface area contributed by atoms with Crippen molar-refractivity contribution in [1.29, 1.82) is 0 Å². The van der Waals surface area contributed by atoms with Crippen LogP contribution in [0.25, 0.3) is 5.69 Å². The van der Waals surface area contributed by atoms with Gasteiger partial charge in [0, 0.05) is 12.4 Å². The van der Waals surface area contributed by atoms with Crippen LogP contribution in [0, 0.1) is 18.6 Å². The number of nitrogens with zero attached hydrogens (tertiary/aromatic N) is 2. The molecule has 0 bridgehead atoms. The van der Waals surface area contributed by atoms with E-state index >= 15 is 0 Å². The van der Waals surface area contributed by atoms with Crippen LogP contribution >= 0.6 is 12.2 Å². The van der Waals surface area contributed by atoms with E-state index in [1.807, 2.05) is 16.8 Å². The lowest BCUT2D eigenvalue weighted by molar-refractivity contribution is 0.946. The molecule has 0 atom stereocenters. The normalized spacial score (nSPS) is 10.3. The molecule has 2 rings (SSSR count). The van der Waals surface area contributed by atoms with E-state index in [1.54, 1.807) is 6.20 Å². The molecule has 1 aromatic heterocycles. The first-order valence-corrected chi connectivity index (χ1v) is 5.20. The van der Waals surface area contributed by atoms with Crippen LogP contribution < -0.4 is 0 Å². The van der Waals surface area contributed by atoms with E-state index in [1.165, 1.54) is 11.1 Å². The Hall–Kier alpha value is -1.48. The number of benzene rings is 1. The highest BCUT2D eigenvalue weighted by Gasteiger charge is 2.00. The topological polar surface area (TPSA) is 17.8 Å². The molecule has 0 fully saturated rings. The summed E-state index contributed by atoms with van der Waals surface area (Å²) < 4.78 is 2.51. The second-order valence-corrected chi connectivity index (χ2v) is 3.93. The van der Waals surface area contributed by atoms with Gasteiger partial charge in [0.2, 0.25) is 4.77 Å². The van der Waals surface area contributed by atoms with Crippen LogP contribution in [-0.4, -0.2) is 9.55 Å². The van der Waals surface area contributed by atoms with Gasteiger partial charge in [-0.05, 0) is 43.8 Å². The molecular weight excluding hydrogens is 204 g/mol. The van der Waals surface area contributed by atoms with Gasteiger partial charge in [0.15, 0.2) is 0 Å². The van der Waals surface area contributed by atoms with Crippen molar-refractivity contribution >= 4 is 12.2 Å². The highest BCUT2D eigenvalue weighted by Crippen LogP contribution is 2.15. The summed E-state index contributed by atoms with van der Waals surface area (Å²) in [5, 5.41) is 0. The minimum atomic E-state index is 0.587. The van der Waals surface area contributed by atoms with Gasteiger partial charge in [-0.1, -0.05) is 17.7 Å². The van der Waals surface area contributed by atoms with Crippen LogP contribution in [0.1, 0.15) is 11.1 Å². The van der Waals surface area contributed by atoms with Crippen molar-refractivity contribution in [3.05, 3.63) is 52.6 Å². The fourth-order valence-electron chi connectivity index (χ4n) is 1.62. The molecule has 0 amide bonds. The van der Waals surface area contributed by atoms with Crippen molar-refractivity contribution in [3.63, 3.8) is 0 Å². The largest absolute Gasteiger partial charge is 0.292 e. The van der Waals surface area contributed by atoms with Crippen molar-refractivity contribution < 1.29 is 0 Å². The maximum atomic E-state index is 5.18. The second-order valence-electron chi connectivity index (χ2n) is 3.56. The van der Waals surface area contributed by atoms with E-state index < -0.39 is 0 Å². The molecule has 0 saturated carbocycles. The molecule has 0 unspecified atom stereocenters. The Labute approximate surface area is 94.2 Å². The number of hydrogen-bond donors (Lipinski definition) is 0. The zero-order valence-electron chi connectivity index (χ0n) is 8.77. The molecule has 0 aliphatic rings. The van der Waals surface area contributed by atoms with Crippen LogP contribution in [0.5, 0.6) is 0 Å². The van der Waals surface area contributed by atoms with Crippen molar-refractivity contribution in [3.8, 4) is 5.69 Å². The molecule has 1 heterocycles. The third-order valence-electron chi connectivity index (χ3n) is 2.32. The summed E-state index contributed by atoms with van der Waals surface area (Å²) in [6.07, 6.45) is 3.65. The SMILES string of the molecule is Cc1ccc(-n2cccnc2=S)c(C)c1. The van der Waals surface area contributed by atoms with Gasteiger partial charge in [0.1, 0.15) is 0 Å². The lowest BCUT2D eigenvalue weighted by atomic mass is 10.1. The van der Waals surface area contributed by atoms with Crippen LogP contribution in [0.2, 0.25) is 0 Å². The van der Waals surface area contributed by atoms with Crippen LogP contribution in [-0.2, 0) is 0 Å². The Morgan fingerprint density at radius 2 is 2.07 bits per heavy atom. The lowest BCUT2D eigenvalue weighted by Gasteiger charge is -2.09. The zero-order valence-corrected chi connectivity index (χ0v) is 9.58. The smallest absolute Gasteiger partial charge is 0.204 e. The number of aryl methyl sites for hydroxylation is 2. The predicted molar refractivity (Wildman–Crippen MR) is 63.9 cm³/mol. The molecule has 0 spiro atoms. The summed E-state index contributed by atoms with van der Waals surface area (Å²) >= 11 is 5.18. The third-order valence-corrected chi connectivity index (χ3v) is 2.63. The first-order valence-electron chi connectivity index (χ1n) is 4.80. The van der Waals surface area contributed by atoms with Crippen molar-refractivity contribution in [2.75, 3.05) is 0 Å². The van der Waals surface area contributed by atoms with Gasteiger partial charge in [-0.2, -0.15) is 0 Å². The Morgan fingerprint density at radius 3 is 2.73 bits per heavy atom. The van der Waals surface area contributed by atoms with E-state index in [-0.39, 0.29) is 0 Å². The number of aromatic nitrogens is 2. The molecule has 0 saturated heterocycles. The molecule has 0 radical (unpaired) electrons. The van der Waals surface area contributed by atoms with Crippen LogP contribution in [0.3, 0.4) is 0 Å². The van der Waals surface area contributed by atoms with Gasteiger partial charge >= 0.3 is 0 Å². The van der Waals surface area contributed by atoms with Crippen LogP contribution in [0.4, 0.5) is 0 Å². The summed E-state index contributed by atoms with van der Waals surface area (Å²) in [4.78, 5) is 4.10. The monoisotopic (exact) mass is 216 g/mol. The number of rotatable bonds is 1. The van der Waals surface area contributed by atoms with Gasteiger partial charge in [-0.3, -0.25) is 4.57 Å². The Kier molecular flexibility index (Phi) is 2.64. The van der Waals surface area contributed by atoms with Crippen molar-refractivity contribution in [2.45, 2.75) is 13.8 Å². The van der Waals surface area contributed by atoms with Gasteiger partial charge < -0.3 is 0 Å². The average Bonchev–Trinajstić information content (AvgIpc) is 2.20. The summed E-state index contributed by atoms with van der Waals surface area (Å²) in [6.45, 7) is 4.16. The van der Waals surface area contributed by atoms with Gasteiger partial charge in [0.05, 0.1) is 5.69 Å². The minimum absolute atomic E-state index is 0.587. The van der Waals surface area contributed by atoms with Crippen molar-refractivity contribution in [1.82, 2.24) is 9.55 Å². The highest BCUT2D eigenvalue weighted by molar-refractivity contribution is 7.71. The Balaban J connectivity index is 2.65. The first kappa shape index (κ1) is 10.1. The van der Waals surface area contributed by atoms with Crippen LogP contribution in [0.15, 0.2) is 36.7 Å². The predicted octanol–water partition coefficient (Wildman–Crippen LogP) is 3.22. The average molecular weight is 216 g/mol. The maximum absolute atomic E-state index is 5.18. The summed E-state index contributed by atoms with van der Waals surface area (Å²) in [6, 6.07) is 8.18. The fraction of sp³-hybridized carbons (Fsp3) is 0.167. The molecule has 2 aromatic rings. The van der Waals surface area contributed by atoms with Crippen molar-refractivity contribution in [2.24, 2.45) is 0 Å². The third kappa shape index (κ3) is 1.97. The number of hydrogen-bond acceptors (Lipinski definition) is 2. The zero-order chi connectivity index (χ0) is 10.8. The summed E-state index contributed by atoms with van der Waals surface area (Å²) in [5.74, 6) is 0. The minimum Gasteiger partial charge on any atom is -0.292 e. The maximum Gasteiger partial charge on any atom is 0.204 e. The first-order chi connectivity index (χ1) is 7.18. The molecule has 0 aliphatic carbocycles. The van der Waals surface area contributed by atoms with Gasteiger partial charge in [-0.15, -0.1) is 0 Å². The molecule has 15 heavy (non-hydrogen) atoms. The molecule has 1 aromatic carbocycles. The molecular formula is C12H12N2S. The van der Waals surface area contributed by atoms with E-state index in [4.69, 9.17) is 12.2 Å². The molecule has 3 heteroatoms. The molecule has 0 aliphatic heterocycles. The van der Waals surface area contributed by atoms with E-state index in [9.17, 15) is 0 Å². The van der Waals surface area contributed by atoms with E-state index in [2.05, 4.69) is 37.0 Å². The molecule has 2 nitrogen and oxygen atoms in total. The van der Waals surface area contributed by atoms with E-state index in [0.717, 1.165) is 5.69 Å². The molecule has 0 N–H and O–H groups in total. The highest BCUT2D eigenvalue weighted by atomic mass is 32.1. The fourth-order valence-corrected chi connectivity index (χ4v) is 1.84. The van der Waals surface area contributed by atoms with Gasteiger partial charge in [0.25, 0.3) is 0 Å². The lowest BCUT2D eigenvalue weighted by Crippen LogP contribution is -2.00. The standard InChI is InChI=1S/C12H12N2S/c1-9-4-5-11(10(2)8-9)14-7-3-6-13-12(14)15/h3-8H,1-2H3. The summed E-state index contributed by atoms with van der Waals surface area (Å²) in [7, 11) is 0. The van der Waals surface area contributed by atoms with E-state index in [0.29, 0.717) is 4.77 Å². The Morgan fingerprint density at radius 1 is 1.27 bits per heavy atom. The summed E-state index contributed by atoms with van der Waals surface area (Å²) in [5.41, 5.74) is 3.56.